The largest absolute Gasteiger partial charge is 0.497 e. The van der Waals surface area contributed by atoms with Crippen molar-refractivity contribution in [1.82, 2.24) is 5.32 Å². The topological polar surface area (TPSA) is 41.5 Å². The second-order valence-corrected chi connectivity index (χ2v) is 6.30. The number of aliphatic hydroxyl groups is 1. The summed E-state index contributed by atoms with van der Waals surface area (Å²) in [6, 6.07) is 8.46. The van der Waals surface area contributed by atoms with Crippen molar-refractivity contribution >= 4 is 0 Å². The van der Waals surface area contributed by atoms with Crippen molar-refractivity contribution < 1.29 is 9.84 Å². The molecule has 3 nitrogen and oxygen atoms in total. The first-order valence-corrected chi connectivity index (χ1v) is 6.95. The van der Waals surface area contributed by atoms with Crippen molar-refractivity contribution in [2.75, 3.05) is 13.7 Å². The molecule has 3 heteroatoms. The van der Waals surface area contributed by atoms with E-state index in [0.717, 1.165) is 25.1 Å². The van der Waals surface area contributed by atoms with Gasteiger partial charge in [-0.3, -0.25) is 0 Å². The molecule has 1 heterocycles. The Balaban J connectivity index is 2.13. The summed E-state index contributed by atoms with van der Waals surface area (Å²) in [7, 11) is 1.68. The lowest BCUT2D eigenvalue weighted by Gasteiger charge is -2.50. The number of benzene rings is 1. The van der Waals surface area contributed by atoms with E-state index in [0.29, 0.717) is 0 Å². The number of rotatable bonds is 3. The Morgan fingerprint density at radius 1 is 1.26 bits per heavy atom. The highest BCUT2D eigenvalue weighted by Gasteiger charge is 2.47. The van der Waals surface area contributed by atoms with E-state index >= 15 is 0 Å². The molecule has 0 amide bonds. The maximum Gasteiger partial charge on any atom is 0.118 e. The first-order chi connectivity index (χ1) is 8.87. The van der Waals surface area contributed by atoms with Crippen LogP contribution in [0, 0.1) is 5.41 Å². The molecule has 2 unspecified atom stereocenters. The fourth-order valence-corrected chi connectivity index (χ4v) is 2.77. The highest BCUT2D eigenvalue weighted by molar-refractivity contribution is 5.28. The van der Waals surface area contributed by atoms with Gasteiger partial charge in [-0.2, -0.15) is 0 Å². The molecule has 2 rings (SSSR count). The van der Waals surface area contributed by atoms with Gasteiger partial charge in [0.1, 0.15) is 5.75 Å². The Kier molecular flexibility index (Phi) is 3.88. The molecule has 1 saturated heterocycles. The Morgan fingerprint density at radius 2 is 1.89 bits per heavy atom. The number of hydrogen-bond acceptors (Lipinski definition) is 3. The summed E-state index contributed by atoms with van der Waals surface area (Å²) >= 11 is 0. The molecule has 0 aliphatic carbocycles. The summed E-state index contributed by atoms with van der Waals surface area (Å²) in [5.74, 6) is 0.881. The zero-order chi connectivity index (χ0) is 14.1. The van der Waals surface area contributed by atoms with Gasteiger partial charge in [0.2, 0.25) is 0 Å². The molecular formula is C16H25NO2. The molecule has 0 radical (unpaired) electrons. The zero-order valence-electron chi connectivity index (χ0n) is 12.4. The third kappa shape index (κ3) is 2.77. The van der Waals surface area contributed by atoms with Crippen LogP contribution in [-0.2, 0) is 6.42 Å². The van der Waals surface area contributed by atoms with Crippen molar-refractivity contribution in [3.05, 3.63) is 29.8 Å². The van der Waals surface area contributed by atoms with Gasteiger partial charge in [0.15, 0.2) is 0 Å². The van der Waals surface area contributed by atoms with Crippen molar-refractivity contribution in [1.29, 1.82) is 0 Å². The zero-order valence-corrected chi connectivity index (χ0v) is 12.4. The van der Waals surface area contributed by atoms with Crippen LogP contribution >= 0.6 is 0 Å². The summed E-state index contributed by atoms with van der Waals surface area (Å²) in [4.78, 5) is 0. The molecular weight excluding hydrogens is 238 g/mol. The smallest absolute Gasteiger partial charge is 0.118 e. The van der Waals surface area contributed by atoms with Crippen LogP contribution < -0.4 is 10.1 Å². The van der Waals surface area contributed by atoms with E-state index in [2.05, 4.69) is 31.3 Å². The molecule has 0 aromatic heterocycles. The van der Waals surface area contributed by atoms with E-state index in [-0.39, 0.29) is 11.5 Å². The summed E-state index contributed by atoms with van der Waals surface area (Å²) in [6.45, 7) is 7.12. The molecule has 19 heavy (non-hydrogen) atoms. The van der Waals surface area contributed by atoms with E-state index in [1.807, 2.05) is 19.1 Å². The van der Waals surface area contributed by atoms with Gasteiger partial charge in [-0.05, 0) is 44.0 Å². The van der Waals surface area contributed by atoms with Crippen LogP contribution in [0.15, 0.2) is 24.3 Å². The van der Waals surface area contributed by atoms with E-state index in [4.69, 9.17) is 4.74 Å². The second-order valence-electron chi connectivity index (χ2n) is 6.30. The van der Waals surface area contributed by atoms with Crippen molar-refractivity contribution in [2.45, 2.75) is 45.3 Å². The SMILES string of the molecule is COc1ccc(CC2NCCC(C)(O)C2(C)C)cc1. The van der Waals surface area contributed by atoms with Gasteiger partial charge >= 0.3 is 0 Å². The van der Waals surface area contributed by atoms with Gasteiger partial charge in [0.05, 0.1) is 12.7 Å². The van der Waals surface area contributed by atoms with Gasteiger partial charge in [0, 0.05) is 11.5 Å². The quantitative estimate of drug-likeness (QED) is 0.880. The number of nitrogens with one attached hydrogen (secondary N) is 1. The average Bonchev–Trinajstić information content (AvgIpc) is 2.36. The van der Waals surface area contributed by atoms with Crippen molar-refractivity contribution in [3.8, 4) is 5.75 Å². The van der Waals surface area contributed by atoms with Crippen LogP contribution in [0.3, 0.4) is 0 Å². The fourth-order valence-electron chi connectivity index (χ4n) is 2.77. The second kappa shape index (κ2) is 5.14. The van der Waals surface area contributed by atoms with Gasteiger partial charge in [-0.25, -0.2) is 0 Å². The molecule has 1 aromatic carbocycles. The van der Waals surface area contributed by atoms with Gasteiger partial charge < -0.3 is 15.2 Å². The van der Waals surface area contributed by atoms with Crippen LogP contribution in [0.5, 0.6) is 5.75 Å². The Bertz CT molecular complexity index is 423. The monoisotopic (exact) mass is 263 g/mol. The summed E-state index contributed by atoms with van der Waals surface area (Å²) in [5.41, 5.74) is 0.504. The highest BCUT2D eigenvalue weighted by Crippen LogP contribution is 2.40. The first kappa shape index (κ1) is 14.4. The number of ether oxygens (including phenoxy) is 1. The third-order valence-corrected chi connectivity index (χ3v) is 4.86. The van der Waals surface area contributed by atoms with E-state index in [9.17, 15) is 5.11 Å². The lowest BCUT2D eigenvalue weighted by Crippen LogP contribution is -2.61. The Morgan fingerprint density at radius 3 is 2.47 bits per heavy atom. The van der Waals surface area contributed by atoms with Crippen LogP contribution in [0.4, 0.5) is 0 Å². The molecule has 1 aromatic rings. The third-order valence-electron chi connectivity index (χ3n) is 4.86. The lowest BCUT2D eigenvalue weighted by atomic mass is 9.65. The molecule has 1 fully saturated rings. The van der Waals surface area contributed by atoms with Crippen LogP contribution in [0.2, 0.25) is 0 Å². The molecule has 106 valence electrons. The summed E-state index contributed by atoms with van der Waals surface area (Å²) in [6.07, 6.45) is 1.73. The standard InChI is InChI=1S/C16H25NO2/c1-15(2)14(17-10-9-16(15,3)18)11-12-5-7-13(19-4)8-6-12/h5-8,14,17-18H,9-11H2,1-4H3. The maximum atomic E-state index is 10.6. The van der Waals surface area contributed by atoms with E-state index < -0.39 is 5.60 Å². The van der Waals surface area contributed by atoms with Gasteiger partial charge in [0.25, 0.3) is 0 Å². The molecule has 2 N–H and O–H groups in total. The van der Waals surface area contributed by atoms with Crippen LogP contribution in [0.1, 0.15) is 32.8 Å². The molecule has 0 spiro atoms. The minimum absolute atomic E-state index is 0.148. The van der Waals surface area contributed by atoms with Gasteiger partial charge in [-0.1, -0.05) is 26.0 Å². The van der Waals surface area contributed by atoms with Crippen LogP contribution in [-0.4, -0.2) is 30.4 Å². The molecule has 1 aliphatic rings. The number of hydrogen-bond donors (Lipinski definition) is 2. The van der Waals surface area contributed by atoms with E-state index in [1.54, 1.807) is 7.11 Å². The predicted octanol–water partition coefficient (Wildman–Crippen LogP) is 2.38. The Hall–Kier alpha value is -1.06. The summed E-state index contributed by atoms with van der Waals surface area (Å²) < 4.78 is 5.18. The van der Waals surface area contributed by atoms with E-state index in [1.165, 1.54) is 5.56 Å². The predicted molar refractivity (Wildman–Crippen MR) is 77.5 cm³/mol. The van der Waals surface area contributed by atoms with Crippen molar-refractivity contribution in [2.24, 2.45) is 5.41 Å². The molecule has 0 bridgehead atoms. The van der Waals surface area contributed by atoms with Crippen molar-refractivity contribution in [3.63, 3.8) is 0 Å². The first-order valence-electron chi connectivity index (χ1n) is 6.95. The maximum absolute atomic E-state index is 10.6. The lowest BCUT2D eigenvalue weighted by molar-refractivity contribution is -0.0954. The summed E-state index contributed by atoms with van der Waals surface area (Å²) in [5, 5.41) is 14.1. The Labute approximate surface area is 116 Å². The number of piperidine rings is 1. The minimum atomic E-state index is -0.616. The molecule has 1 aliphatic heterocycles. The normalized spacial score (nSPS) is 30.1. The number of methoxy groups -OCH3 is 1. The highest BCUT2D eigenvalue weighted by atomic mass is 16.5. The molecule has 0 saturated carbocycles. The average molecular weight is 263 g/mol. The fraction of sp³-hybridized carbons (Fsp3) is 0.625. The minimum Gasteiger partial charge on any atom is -0.497 e. The molecule has 2 atom stereocenters. The van der Waals surface area contributed by atoms with Crippen LogP contribution in [0.25, 0.3) is 0 Å². The van der Waals surface area contributed by atoms with Gasteiger partial charge in [-0.15, -0.1) is 0 Å².